The van der Waals surface area contributed by atoms with Crippen molar-refractivity contribution in [2.75, 3.05) is 33.8 Å². The Kier molecular flexibility index (Phi) is 6.90. The number of Topliss-reactive ketones (excluding diaryl/α,β-unsaturated/α-hetero) is 1. The Labute approximate surface area is 177 Å². The molecule has 1 aliphatic rings. The molecule has 2 aromatic rings. The van der Waals surface area contributed by atoms with Crippen LogP contribution in [0.5, 0.6) is 5.75 Å². The lowest BCUT2D eigenvalue weighted by Crippen LogP contribution is -2.35. The Morgan fingerprint density at radius 1 is 1.07 bits per heavy atom. The van der Waals surface area contributed by atoms with Crippen LogP contribution in [0, 0.1) is 0 Å². The maximum atomic E-state index is 12.9. The van der Waals surface area contributed by atoms with Crippen LogP contribution in [-0.2, 0) is 9.59 Å². The van der Waals surface area contributed by atoms with E-state index in [9.17, 15) is 14.7 Å². The second kappa shape index (κ2) is 9.59. The zero-order chi connectivity index (χ0) is 21.7. The van der Waals surface area contributed by atoms with Crippen LogP contribution in [0.4, 0.5) is 0 Å². The van der Waals surface area contributed by atoms with Gasteiger partial charge in [0.15, 0.2) is 0 Å². The first kappa shape index (κ1) is 21.6. The Hall–Kier alpha value is -3.12. The summed E-state index contributed by atoms with van der Waals surface area (Å²) in [4.78, 5) is 29.2. The van der Waals surface area contributed by atoms with Crippen molar-refractivity contribution in [3.8, 4) is 5.75 Å². The average Bonchev–Trinajstić information content (AvgIpc) is 3.01. The minimum absolute atomic E-state index is 0.118. The van der Waals surface area contributed by atoms with E-state index in [1.807, 2.05) is 56.3 Å². The first-order valence-electron chi connectivity index (χ1n) is 10.1. The first-order valence-corrected chi connectivity index (χ1v) is 10.1. The van der Waals surface area contributed by atoms with Gasteiger partial charge in [0, 0.05) is 18.7 Å². The van der Waals surface area contributed by atoms with Gasteiger partial charge in [-0.2, -0.15) is 0 Å². The summed E-state index contributed by atoms with van der Waals surface area (Å²) in [7, 11) is 3.83. The molecule has 158 valence electrons. The molecule has 6 heteroatoms. The van der Waals surface area contributed by atoms with Crippen molar-refractivity contribution < 1.29 is 19.4 Å². The molecular formula is C24H28N2O4. The standard InChI is InChI=1S/C24H28N2O4/c1-4-16-30-19-12-10-18(11-13-19)22(27)20-21(17-8-6-5-7-9-17)26(15-14-25(2)3)24(29)23(20)28/h5-13,21,27H,4,14-16H2,1-3H3/t21-/m0/s1. The van der Waals surface area contributed by atoms with Crippen LogP contribution in [0.3, 0.4) is 0 Å². The molecule has 30 heavy (non-hydrogen) atoms. The third-order valence-corrected chi connectivity index (χ3v) is 5.04. The van der Waals surface area contributed by atoms with Gasteiger partial charge in [-0.1, -0.05) is 37.3 Å². The molecule has 1 amide bonds. The second-order valence-electron chi connectivity index (χ2n) is 7.58. The van der Waals surface area contributed by atoms with Gasteiger partial charge in [-0.15, -0.1) is 0 Å². The molecule has 1 atom stereocenters. The summed E-state index contributed by atoms with van der Waals surface area (Å²) < 4.78 is 5.58. The van der Waals surface area contributed by atoms with Gasteiger partial charge in [0.25, 0.3) is 11.7 Å². The summed E-state index contributed by atoms with van der Waals surface area (Å²) >= 11 is 0. The lowest BCUT2D eigenvalue weighted by Gasteiger charge is -2.26. The van der Waals surface area contributed by atoms with E-state index in [2.05, 4.69) is 0 Å². The summed E-state index contributed by atoms with van der Waals surface area (Å²) in [5, 5.41) is 11.0. The number of hydrogen-bond acceptors (Lipinski definition) is 5. The van der Waals surface area contributed by atoms with Gasteiger partial charge < -0.3 is 19.6 Å². The number of hydrogen-bond donors (Lipinski definition) is 1. The molecule has 0 unspecified atom stereocenters. The summed E-state index contributed by atoms with van der Waals surface area (Å²) in [6.45, 7) is 3.63. The van der Waals surface area contributed by atoms with E-state index in [1.165, 1.54) is 0 Å². The molecule has 0 spiro atoms. The van der Waals surface area contributed by atoms with Gasteiger partial charge >= 0.3 is 0 Å². The Morgan fingerprint density at radius 2 is 1.73 bits per heavy atom. The molecule has 0 radical (unpaired) electrons. The molecule has 2 aromatic carbocycles. The first-order chi connectivity index (χ1) is 14.4. The molecule has 0 saturated carbocycles. The van der Waals surface area contributed by atoms with Crippen molar-refractivity contribution in [2.45, 2.75) is 19.4 Å². The number of likely N-dealkylation sites (tertiary alicyclic amines) is 1. The van der Waals surface area contributed by atoms with Gasteiger partial charge in [-0.3, -0.25) is 9.59 Å². The number of carbonyl (C=O) groups is 2. The zero-order valence-electron chi connectivity index (χ0n) is 17.7. The summed E-state index contributed by atoms with van der Waals surface area (Å²) in [6.07, 6.45) is 0.898. The van der Waals surface area contributed by atoms with Crippen LogP contribution in [-0.4, -0.2) is 60.4 Å². The van der Waals surface area contributed by atoms with E-state index >= 15 is 0 Å². The Balaban J connectivity index is 2.03. The van der Waals surface area contributed by atoms with Gasteiger partial charge in [-0.05, 0) is 50.3 Å². The maximum Gasteiger partial charge on any atom is 0.295 e. The lowest BCUT2D eigenvalue weighted by atomic mass is 9.95. The van der Waals surface area contributed by atoms with Crippen LogP contribution >= 0.6 is 0 Å². The summed E-state index contributed by atoms with van der Waals surface area (Å²) in [5.74, 6) is -0.724. The van der Waals surface area contributed by atoms with E-state index < -0.39 is 17.7 Å². The molecule has 6 nitrogen and oxygen atoms in total. The lowest BCUT2D eigenvalue weighted by molar-refractivity contribution is -0.140. The highest BCUT2D eigenvalue weighted by Gasteiger charge is 2.45. The number of carbonyl (C=O) groups excluding carboxylic acids is 2. The molecule has 1 aliphatic heterocycles. The van der Waals surface area contributed by atoms with Crippen molar-refractivity contribution >= 4 is 17.4 Å². The van der Waals surface area contributed by atoms with Gasteiger partial charge in [0.2, 0.25) is 0 Å². The monoisotopic (exact) mass is 408 g/mol. The van der Waals surface area contributed by atoms with Gasteiger partial charge in [0.1, 0.15) is 11.5 Å². The maximum absolute atomic E-state index is 12.9. The number of ketones is 1. The molecule has 0 aromatic heterocycles. The fourth-order valence-electron chi connectivity index (χ4n) is 3.48. The highest BCUT2D eigenvalue weighted by atomic mass is 16.5. The fourth-order valence-corrected chi connectivity index (χ4v) is 3.48. The minimum Gasteiger partial charge on any atom is -0.507 e. The fraction of sp³-hybridized carbons (Fsp3) is 0.333. The van der Waals surface area contributed by atoms with Crippen LogP contribution in [0.25, 0.3) is 5.76 Å². The number of likely N-dealkylation sites (N-methyl/N-ethyl adjacent to an activating group) is 1. The van der Waals surface area contributed by atoms with Crippen molar-refractivity contribution in [3.63, 3.8) is 0 Å². The predicted octanol–water partition coefficient (Wildman–Crippen LogP) is 3.46. The highest BCUT2D eigenvalue weighted by molar-refractivity contribution is 6.46. The average molecular weight is 408 g/mol. The van der Waals surface area contributed by atoms with E-state index in [0.29, 0.717) is 31.0 Å². The zero-order valence-corrected chi connectivity index (χ0v) is 17.7. The van der Waals surface area contributed by atoms with E-state index in [-0.39, 0.29) is 11.3 Å². The smallest absolute Gasteiger partial charge is 0.295 e. The Bertz CT molecular complexity index is 920. The van der Waals surface area contributed by atoms with Crippen LogP contribution < -0.4 is 4.74 Å². The van der Waals surface area contributed by atoms with Crippen molar-refractivity contribution in [2.24, 2.45) is 0 Å². The van der Waals surface area contributed by atoms with Crippen molar-refractivity contribution in [3.05, 3.63) is 71.3 Å². The number of benzene rings is 2. The van der Waals surface area contributed by atoms with E-state index in [0.717, 1.165) is 12.0 Å². The number of amides is 1. The number of ether oxygens (including phenoxy) is 1. The van der Waals surface area contributed by atoms with Crippen LogP contribution in [0.2, 0.25) is 0 Å². The summed E-state index contributed by atoms with van der Waals surface area (Å²) in [5.41, 5.74) is 1.39. The number of nitrogens with zero attached hydrogens (tertiary/aromatic N) is 2. The molecule has 1 saturated heterocycles. The quantitative estimate of drug-likeness (QED) is 0.412. The normalized spacial score (nSPS) is 18.3. The second-order valence-corrected chi connectivity index (χ2v) is 7.58. The van der Waals surface area contributed by atoms with Gasteiger partial charge in [-0.25, -0.2) is 0 Å². The SMILES string of the molecule is CCCOc1ccc(C(O)=C2C(=O)C(=O)N(CCN(C)C)[C@H]2c2ccccc2)cc1. The van der Waals surface area contributed by atoms with E-state index in [1.54, 1.807) is 29.2 Å². The molecule has 1 heterocycles. The van der Waals surface area contributed by atoms with E-state index in [4.69, 9.17) is 4.74 Å². The van der Waals surface area contributed by atoms with Crippen LogP contribution in [0.1, 0.15) is 30.5 Å². The summed E-state index contributed by atoms with van der Waals surface area (Å²) in [6, 6.07) is 15.6. The number of aliphatic hydroxyl groups excluding tert-OH is 1. The molecule has 0 bridgehead atoms. The predicted molar refractivity (Wildman–Crippen MR) is 116 cm³/mol. The highest BCUT2D eigenvalue weighted by Crippen LogP contribution is 2.39. The minimum atomic E-state index is -0.661. The largest absolute Gasteiger partial charge is 0.507 e. The van der Waals surface area contributed by atoms with Crippen molar-refractivity contribution in [1.82, 2.24) is 9.80 Å². The third kappa shape index (κ3) is 4.54. The Morgan fingerprint density at radius 3 is 2.33 bits per heavy atom. The molecular weight excluding hydrogens is 380 g/mol. The number of aliphatic hydroxyl groups is 1. The van der Waals surface area contributed by atoms with Crippen LogP contribution in [0.15, 0.2) is 60.2 Å². The number of rotatable bonds is 8. The molecule has 0 aliphatic carbocycles. The molecule has 1 fully saturated rings. The molecule has 1 N–H and O–H groups in total. The topological polar surface area (TPSA) is 70.1 Å². The van der Waals surface area contributed by atoms with Crippen molar-refractivity contribution in [1.29, 1.82) is 0 Å². The third-order valence-electron chi connectivity index (χ3n) is 5.04. The van der Waals surface area contributed by atoms with Gasteiger partial charge in [0.05, 0.1) is 18.2 Å². The molecule has 3 rings (SSSR count).